The third-order valence-corrected chi connectivity index (χ3v) is 4.60. The Balaban J connectivity index is 1.76. The zero-order valence-electron chi connectivity index (χ0n) is 13.9. The van der Waals surface area contributed by atoms with Crippen LogP contribution in [-0.4, -0.2) is 85.6 Å². The first kappa shape index (κ1) is 17.7. The van der Waals surface area contributed by atoms with Crippen LogP contribution in [0.4, 0.5) is 0 Å². The third-order valence-electron chi connectivity index (χ3n) is 4.60. The normalized spacial score (nSPS) is 27.6. The Morgan fingerprint density at radius 1 is 1.36 bits per heavy atom. The fraction of sp³-hybridized carbons (Fsp3) is 0.938. The molecule has 0 bridgehead atoms. The number of morpholine rings is 1. The zero-order valence-corrected chi connectivity index (χ0v) is 13.9. The van der Waals surface area contributed by atoms with E-state index >= 15 is 0 Å². The molecule has 0 aromatic rings. The molecule has 128 valence electrons. The molecule has 0 spiro atoms. The number of aliphatic carboxylic acids is 1. The van der Waals surface area contributed by atoms with Crippen LogP contribution in [-0.2, 0) is 14.3 Å². The highest BCUT2D eigenvalue weighted by molar-refractivity contribution is 5.66. The fourth-order valence-corrected chi connectivity index (χ4v) is 3.50. The van der Waals surface area contributed by atoms with Crippen LogP contribution in [0.1, 0.15) is 26.7 Å². The highest BCUT2D eigenvalue weighted by Crippen LogP contribution is 2.26. The Kier molecular flexibility index (Phi) is 7.08. The fourth-order valence-electron chi connectivity index (χ4n) is 3.50. The van der Waals surface area contributed by atoms with E-state index in [1.165, 1.54) is 0 Å². The van der Waals surface area contributed by atoms with E-state index in [4.69, 9.17) is 14.6 Å². The number of rotatable bonds is 8. The first-order valence-corrected chi connectivity index (χ1v) is 8.41. The van der Waals surface area contributed by atoms with Gasteiger partial charge in [0.25, 0.3) is 0 Å². The van der Waals surface area contributed by atoms with E-state index in [0.29, 0.717) is 31.2 Å². The van der Waals surface area contributed by atoms with Crippen LogP contribution in [0.15, 0.2) is 0 Å². The van der Waals surface area contributed by atoms with E-state index in [1.807, 2.05) is 0 Å². The molecule has 0 saturated carbocycles. The predicted octanol–water partition coefficient (Wildman–Crippen LogP) is 0.909. The highest BCUT2D eigenvalue weighted by Gasteiger charge is 2.34. The number of likely N-dealkylation sites (tertiary alicyclic amines) is 1. The maximum atomic E-state index is 10.5. The monoisotopic (exact) mass is 314 g/mol. The third kappa shape index (κ3) is 5.50. The highest BCUT2D eigenvalue weighted by atomic mass is 16.5. The molecule has 6 nitrogen and oxygen atoms in total. The molecule has 0 aromatic carbocycles. The van der Waals surface area contributed by atoms with Gasteiger partial charge in [-0.05, 0) is 26.2 Å². The van der Waals surface area contributed by atoms with Crippen LogP contribution in [0, 0.1) is 5.92 Å². The second-order valence-electron chi connectivity index (χ2n) is 6.68. The lowest BCUT2D eigenvalue weighted by Gasteiger charge is -2.29. The van der Waals surface area contributed by atoms with Crippen LogP contribution in [0.2, 0.25) is 0 Å². The molecule has 0 unspecified atom stereocenters. The van der Waals surface area contributed by atoms with E-state index < -0.39 is 5.97 Å². The number of carboxylic acid groups (broad SMARTS) is 1. The number of nitrogens with zero attached hydrogens (tertiary/aromatic N) is 2. The average molecular weight is 314 g/mol. The summed E-state index contributed by atoms with van der Waals surface area (Å²) in [5.74, 6) is -0.120. The van der Waals surface area contributed by atoms with Gasteiger partial charge in [0.05, 0.1) is 32.8 Å². The summed E-state index contributed by atoms with van der Waals surface area (Å²) in [6, 6.07) is 0.919. The summed E-state index contributed by atoms with van der Waals surface area (Å²) in [5.41, 5.74) is 0. The average Bonchev–Trinajstić information content (AvgIpc) is 2.87. The Hall–Kier alpha value is -0.690. The van der Waals surface area contributed by atoms with Crippen molar-refractivity contribution in [1.82, 2.24) is 9.80 Å². The lowest BCUT2D eigenvalue weighted by Crippen LogP contribution is -2.40. The molecule has 2 saturated heterocycles. The molecule has 2 rings (SSSR count). The van der Waals surface area contributed by atoms with Gasteiger partial charge in [-0.15, -0.1) is 0 Å². The first-order valence-electron chi connectivity index (χ1n) is 8.41. The van der Waals surface area contributed by atoms with Crippen LogP contribution in [0.3, 0.4) is 0 Å². The van der Waals surface area contributed by atoms with Gasteiger partial charge in [-0.25, -0.2) is 0 Å². The summed E-state index contributed by atoms with van der Waals surface area (Å²) in [7, 11) is 0. The van der Waals surface area contributed by atoms with Gasteiger partial charge in [0.2, 0.25) is 0 Å². The molecular weight excluding hydrogens is 284 g/mol. The van der Waals surface area contributed by atoms with Crippen molar-refractivity contribution in [3.63, 3.8) is 0 Å². The summed E-state index contributed by atoms with van der Waals surface area (Å²) in [6.45, 7) is 11.4. The van der Waals surface area contributed by atoms with E-state index in [-0.39, 0.29) is 6.42 Å². The van der Waals surface area contributed by atoms with Crippen LogP contribution in [0.5, 0.6) is 0 Å². The number of hydrogen-bond donors (Lipinski definition) is 1. The molecule has 2 aliphatic rings. The Labute approximate surface area is 133 Å². The van der Waals surface area contributed by atoms with Crippen molar-refractivity contribution in [3.05, 3.63) is 0 Å². The maximum absolute atomic E-state index is 10.5. The smallest absolute Gasteiger partial charge is 0.305 e. The molecule has 1 N–H and O–H groups in total. The summed E-state index contributed by atoms with van der Waals surface area (Å²) >= 11 is 0. The molecule has 0 aromatic heterocycles. The zero-order chi connectivity index (χ0) is 15.9. The Morgan fingerprint density at radius 2 is 2.09 bits per heavy atom. The van der Waals surface area contributed by atoms with Crippen molar-refractivity contribution in [2.24, 2.45) is 5.92 Å². The van der Waals surface area contributed by atoms with Gasteiger partial charge in [-0.2, -0.15) is 0 Å². The van der Waals surface area contributed by atoms with E-state index in [0.717, 1.165) is 45.8 Å². The van der Waals surface area contributed by atoms with Crippen LogP contribution >= 0.6 is 0 Å². The SMILES string of the molecule is CC(C)N1C[C@H](CN2CCOCC2)C[C@H]1COCCC(=O)O. The van der Waals surface area contributed by atoms with Crippen LogP contribution in [0.25, 0.3) is 0 Å². The first-order chi connectivity index (χ1) is 10.6. The van der Waals surface area contributed by atoms with Crippen LogP contribution < -0.4 is 0 Å². The second kappa shape index (κ2) is 8.82. The van der Waals surface area contributed by atoms with Gasteiger partial charge in [-0.3, -0.25) is 14.6 Å². The van der Waals surface area contributed by atoms with E-state index in [1.54, 1.807) is 0 Å². The molecule has 2 heterocycles. The number of hydrogen-bond acceptors (Lipinski definition) is 5. The van der Waals surface area contributed by atoms with Gasteiger partial charge in [0.15, 0.2) is 0 Å². The summed E-state index contributed by atoms with van der Waals surface area (Å²) in [6.07, 6.45) is 1.23. The lowest BCUT2D eigenvalue weighted by atomic mass is 10.1. The minimum atomic E-state index is -0.794. The van der Waals surface area contributed by atoms with Crippen molar-refractivity contribution in [3.8, 4) is 0 Å². The van der Waals surface area contributed by atoms with Gasteiger partial charge >= 0.3 is 5.97 Å². The molecule has 2 atom stereocenters. The maximum Gasteiger partial charge on any atom is 0.305 e. The molecule has 0 amide bonds. The van der Waals surface area contributed by atoms with Gasteiger partial charge < -0.3 is 14.6 Å². The van der Waals surface area contributed by atoms with Crippen molar-refractivity contribution in [2.45, 2.75) is 38.8 Å². The molecule has 2 fully saturated rings. The van der Waals surface area contributed by atoms with Gasteiger partial charge in [-0.1, -0.05) is 0 Å². The lowest BCUT2D eigenvalue weighted by molar-refractivity contribution is -0.138. The van der Waals surface area contributed by atoms with Crippen molar-refractivity contribution in [1.29, 1.82) is 0 Å². The number of ether oxygens (including phenoxy) is 2. The minimum absolute atomic E-state index is 0.0889. The summed E-state index contributed by atoms with van der Waals surface area (Å²) < 4.78 is 11.0. The minimum Gasteiger partial charge on any atom is -0.481 e. The van der Waals surface area contributed by atoms with E-state index in [2.05, 4.69) is 23.6 Å². The standard InChI is InChI=1S/C16H30N2O4/c1-13(2)18-11-14(10-17-4-7-21-8-5-17)9-15(18)12-22-6-3-16(19)20/h13-15H,3-12H2,1-2H3,(H,19,20)/t14-,15-/m0/s1. The Morgan fingerprint density at radius 3 is 2.73 bits per heavy atom. The molecule has 0 aliphatic carbocycles. The van der Waals surface area contributed by atoms with Crippen molar-refractivity contribution < 1.29 is 19.4 Å². The molecule has 0 radical (unpaired) electrons. The predicted molar refractivity (Wildman–Crippen MR) is 84.1 cm³/mol. The van der Waals surface area contributed by atoms with Crippen molar-refractivity contribution >= 4 is 5.97 Å². The molecule has 2 aliphatic heterocycles. The molecular formula is C16H30N2O4. The quantitative estimate of drug-likeness (QED) is 0.672. The van der Waals surface area contributed by atoms with Gasteiger partial charge in [0.1, 0.15) is 0 Å². The topological polar surface area (TPSA) is 62.2 Å². The van der Waals surface area contributed by atoms with E-state index in [9.17, 15) is 4.79 Å². The Bertz CT molecular complexity index is 345. The van der Waals surface area contributed by atoms with Crippen molar-refractivity contribution in [2.75, 3.05) is 52.6 Å². The summed E-state index contributed by atoms with van der Waals surface area (Å²) in [5, 5.41) is 8.66. The molecule has 6 heteroatoms. The largest absolute Gasteiger partial charge is 0.481 e. The number of carbonyl (C=O) groups is 1. The molecule has 22 heavy (non-hydrogen) atoms. The number of carboxylic acids is 1. The second-order valence-corrected chi connectivity index (χ2v) is 6.68. The summed E-state index contributed by atoms with van der Waals surface area (Å²) in [4.78, 5) is 15.5. The van der Waals surface area contributed by atoms with Gasteiger partial charge in [0, 0.05) is 38.3 Å².